The van der Waals surface area contributed by atoms with Crippen LogP contribution >= 0.6 is 0 Å². The van der Waals surface area contributed by atoms with Gasteiger partial charge in [0, 0.05) is 12.1 Å². The van der Waals surface area contributed by atoms with Crippen LogP contribution in [-0.4, -0.2) is 11.1 Å². The van der Waals surface area contributed by atoms with E-state index in [1.54, 1.807) is 11.1 Å². The Hall–Kier alpha value is -2.10. The molecule has 0 aliphatic carbocycles. The zero-order valence-electron chi connectivity index (χ0n) is 9.67. The topological polar surface area (TPSA) is 46.3 Å². The van der Waals surface area contributed by atoms with E-state index < -0.39 is 0 Å². The maximum absolute atomic E-state index is 12.1. The van der Waals surface area contributed by atoms with Gasteiger partial charge in [0.15, 0.2) is 0 Å². The lowest BCUT2D eigenvalue weighted by molar-refractivity contribution is -0.117. The first-order valence-electron chi connectivity index (χ1n) is 5.60. The number of nitrogens with zero attached hydrogens (tertiary/aromatic N) is 2. The maximum Gasteiger partial charge on any atom is 0.231 e. The summed E-state index contributed by atoms with van der Waals surface area (Å²) in [5.41, 5.74) is 1.49. The predicted octanol–water partition coefficient (Wildman–Crippen LogP) is 3.14. The number of aromatic nitrogens is 1. The fourth-order valence-electron chi connectivity index (χ4n) is 1.65. The first kappa shape index (κ1) is 11.4. The Bertz CT molecular complexity index is 465. The molecule has 2 aromatic rings. The van der Waals surface area contributed by atoms with Gasteiger partial charge >= 0.3 is 0 Å². The predicted molar refractivity (Wildman–Crippen MR) is 65.0 cm³/mol. The standard InChI is InChI=1S/C13H14N2O2/c1-2-6-13(16)15(12-9-14-17-10-12)11-7-4-3-5-8-11/h3-5,7-10H,2,6H2,1H3. The van der Waals surface area contributed by atoms with Crippen molar-refractivity contribution in [3.8, 4) is 0 Å². The third-order valence-electron chi connectivity index (χ3n) is 2.41. The van der Waals surface area contributed by atoms with E-state index in [9.17, 15) is 4.79 Å². The summed E-state index contributed by atoms with van der Waals surface area (Å²) < 4.78 is 4.80. The Morgan fingerprint density at radius 3 is 2.65 bits per heavy atom. The minimum Gasteiger partial charge on any atom is -0.362 e. The Morgan fingerprint density at radius 2 is 2.06 bits per heavy atom. The molecule has 0 bridgehead atoms. The molecule has 0 radical (unpaired) electrons. The van der Waals surface area contributed by atoms with Gasteiger partial charge < -0.3 is 4.52 Å². The van der Waals surface area contributed by atoms with Gasteiger partial charge in [0.1, 0.15) is 12.0 Å². The number of rotatable bonds is 4. The van der Waals surface area contributed by atoms with Gasteiger partial charge in [0.2, 0.25) is 5.91 Å². The minimum atomic E-state index is 0.0434. The minimum absolute atomic E-state index is 0.0434. The van der Waals surface area contributed by atoms with Crippen molar-refractivity contribution < 1.29 is 9.32 Å². The molecule has 1 aromatic heterocycles. The third-order valence-corrected chi connectivity index (χ3v) is 2.41. The number of amides is 1. The Labute approximate surface area is 99.8 Å². The van der Waals surface area contributed by atoms with Gasteiger partial charge in [-0.3, -0.25) is 9.69 Å². The van der Waals surface area contributed by atoms with Crippen LogP contribution in [-0.2, 0) is 4.79 Å². The molecule has 1 amide bonds. The largest absolute Gasteiger partial charge is 0.362 e. The average Bonchev–Trinajstić information content (AvgIpc) is 2.85. The smallest absolute Gasteiger partial charge is 0.231 e. The summed E-state index contributed by atoms with van der Waals surface area (Å²) in [4.78, 5) is 13.7. The Morgan fingerprint density at radius 1 is 1.29 bits per heavy atom. The van der Waals surface area contributed by atoms with Crippen molar-refractivity contribution in [1.29, 1.82) is 0 Å². The van der Waals surface area contributed by atoms with Crippen LogP contribution in [0.25, 0.3) is 0 Å². The van der Waals surface area contributed by atoms with Crippen LogP contribution in [0.15, 0.2) is 47.3 Å². The first-order chi connectivity index (χ1) is 8.33. The number of benzene rings is 1. The average molecular weight is 230 g/mol. The monoisotopic (exact) mass is 230 g/mol. The van der Waals surface area contributed by atoms with Gasteiger partial charge in [-0.15, -0.1) is 0 Å². The highest BCUT2D eigenvalue weighted by Crippen LogP contribution is 2.25. The lowest BCUT2D eigenvalue weighted by Crippen LogP contribution is -2.24. The second kappa shape index (κ2) is 5.30. The molecule has 0 unspecified atom stereocenters. The molecule has 0 saturated carbocycles. The Balaban J connectivity index is 2.35. The molecule has 0 fully saturated rings. The quantitative estimate of drug-likeness (QED) is 0.810. The molecule has 1 heterocycles. The van der Waals surface area contributed by atoms with E-state index in [0.717, 1.165) is 12.1 Å². The summed E-state index contributed by atoms with van der Waals surface area (Å²) in [5.74, 6) is 0.0434. The van der Waals surface area contributed by atoms with Crippen molar-refractivity contribution in [3.63, 3.8) is 0 Å². The van der Waals surface area contributed by atoms with Crippen molar-refractivity contribution in [3.05, 3.63) is 42.8 Å². The SMILES string of the molecule is CCCC(=O)N(c1ccccc1)c1cnoc1. The van der Waals surface area contributed by atoms with Crippen molar-refractivity contribution >= 4 is 17.3 Å². The second-order valence-electron chi connectivity index (χ2n) is 3.70. The summed E-state index contributed by atoms with van der Waals surface area (Å²) in [7, 11) is 0. The number of anilines is 2. The number of hydrogen-bond donors (Lipinski definition) is 0. The summed E-state index contributed by atoms with van der Waals surface area (Å²) in [6, 6.07) is 9.49. The molecule has 88 valence electrons. The van der Waals surface area contributed by atoms with Crippen LogP contribution in [0.4, 0.5) is 11.4 Å². The summed E-state index contributed by atoms with van der Waals surface area (Å²) in [5, 5.41) is 3.64. The van der Waals surface area contributed by atoms with Crippen LogP contribution < -0.4 is 4.90 Å². The van der Waals surface area contributed by atoms with Crippen LogP contribution in [0.2, 0.25) is 0 Å². The number of para-hydroxylation sites is 1. The molecule has 4 heteroatoms. The molecule has 1 aromatic carbocycles. The van der Waals surface area contributed by atoms with Crippen LogP contribution in [0.5, 0.6) is 0 Å². The van der Waals surface area contributed by atoms with Gasteiger partial charge in [0.05, 0.1) is 6.20 Å². The van der Waals surface area contributed by atoms with E-state index in [1.807, 2.05) is 37.3 Å². The molecule has 0 atom stereocenters. The lowest BCUT2D eigenvalue weighted by Gasteiger charge is -2.20. The van der Waals surface area contributed by atoms with E-state index in [4.69, 9.17) is 4.52 Å². The van der Waals surface area contributed by atoms with Gasteiger partial charge in [-0.25, -0.2) is 0 Å². The van der Waals surface area contributed by atoms with Gasteiger partial charge in [0.25, 0.3) is 0 Å². The van der Waals surface area contributed by atoms with Crippen molar-refractivity contribution in [1.82, 2.24) is 5.16 Å². The zero-order chi connectivity index (χ0) is 12.1. The lowest BCUT2D eigenvalue weighted by atomic mass is 10.2. The highest BCUT2D eigenvalue weighted by Gasteiger charge is 2.18. The van der Waals surface area contributed by atoms with Gasteiger partial charge in [-0.1, -0.05) is 30.3 Å². The highest BCUT2D eigenvalue weighted by atomic mass is 16.5. The van der Waals surface area contributed by atoms with Gasteiger partial charge in [-0.05, 0) is 18.6 Å². The molecule has 0 spiro atoms. The molecule has 0 N–H and O–H groups in total. The molecule has 4 nitrogen and oxygen atoms in total. The second-order valence-corrected chi connectivity index (χ2v) is 3.70. The van der Waals surface area contributed by atoms with Crippen LogP contribution in [0.3, 0.4) is 0 Å². The number of carbonyl (C=O) groups excluding carboxylic acids is 1. The summed E-state index contributed by atoms with van der Waals surface area (Å²) in [6.07, 6.45) is 4.33. The van der Waals surface area contributed by atoms with E-state index >= 15 is 0 Å². The van der Waals surface area contributed by atoms with Crippen LogP contribution in [0.1, 0.15) is 19.8 Å². The van der Waals surface area contributed by atoms with E-state index in [0.29, 0.717) is 12.1 Å². The number of carbonyl (C=O) groups is 1. The molecule has 17 heavy (non-hydrogen) atoms. The van der Waals surface area contributed by atoms with Crippen LogP contribution in [0, 0.1) is 0 Å². The summed E-state index contributed by atoms with van der Waals surface area (Å²) >= 11 is 0. The summed E-state index contributed by atoms with van der Waals surface area (Å²) in [6.45, 7) is 1.98. The van der Waals surface area contributed by atoms with Crippen molar-refractivity contribution in [2.45, 2.75) is 19.8 Å². The zero-order valence-corrected chi connectivity index (χ0v) is 9.67. The van der Waals surface area contributed by atoms with Crippen molar-refractivity contribution in [2.24, 2.45) is 0 Å². The third kappa shape index (κ3) is 2.53. The van der Waals surface area contributed by atoms with E-state index in [-0.39, 0.29) is 5.91 Å². The molecule has 2 rings (SSSR count). The fourth-order valence-corrected chi connectivity index (χ4v) is 1.65. The maximum atomic E-state index is 12.1. The Kier molecular flexibility index (Phi) is 3.55. The van der Waals surface area contributed by atoms with Gasteiger partial charge in [-0.2, -0.15) is 0 Å². The molecular formula is C13H14N2O2. The first-order valence-corrected chi connectivity index (χ1v) is 5.60. The molecule has 0 aliphatic heterocycles. The molecule has 0 aliphatic rings. The van der Waals surface area contributed by atoms with E-state index in [1.165, 1.54) is 6.26 Å². The van der Waals surface area contributed by atoms with Crippen molar-refractivity contribution in [2.75, 3.05) is 4.90 Å². The fraction of sp³-hybridized carbons (Fsp3) is 0.231. The molecular weight excluding hydrogens is 216 g/mol. The molecule has 0 saturated heterocycles. The normalized spacial score (nSPS) is 10.2. The number of hydrogen-bond acceptors (Lipinski definition) is 3. The highest BCUT2D eigenvalue weighted by molar-refractivity contribution is 6.00. The van der Waals surface area contributed by atoms with E-state index in [2.05, 4.69) is 5.16 Å².